The van der Waals surface area contributed by atoms with Crippen molar-refractivity contribution in [3.05, 3.63) is 77.6 Å². The Labute approximate surface area is 194 Å². The molecule has 3 rings (SSSR count). The fourth-order valence-electron chi connectivity index (χ4n) is 3.49. The van der Waals surface area contributed by atoms with Crippen molar-refractivity contribution in [2.24, 2.45) is 5.92 Å². The summed E-state index contributed by atoms with van der Waals surface area (Å²) in [6.07, 6.45) is 6.68. The zero-order valence-electron chi connectivity index (χ0n) is 19.2. The van der Waals surface area contributed by atoms with E-state index in [1.165, 1.54) is 37.8 Å². The number of ether oxygens (including phenoxy) is 1. The predicted octanol–water partition coefficient (Wildman–Crippen LogP) is 7.89. The van der Waals surface area contributed by atoms with Gasteiger partial charge in [-0.15, -0.1) is 0 Å². The molecule has 0 aliphatic rings. The number of rotatable bonds is 11. The molecular weight excluding hydrogens is 425 g/mol. The monoisotopic (exact) mass is 456 g/mol. The molecule has 0 bridgehead atoms. The molecule has 3 aromatic rings. The molecule has 0 aliphatic carbocycles. The minimum atomic E-state index is -4.33. The number of halogens is 3. The van der Waals surface area contributed by atoms with Crippen molar-refractivity contribution >= 4 is 0 Å². The molecule has 0 amide bonds. The third kappa shape index (κ3) is 7.88. The first-order valence-corrected chi connectivity index (χ1v) is 11.6. The van der Waals surface area contributed by atoms with E-state index < -0.39 is 11.7 Å². The Hall–Kier alpha value is -2.89. The van der Waals surface area contributed by atoms with Gasteiger partial charge in [-0.3, -0.25) is 0 Å². The fraction of sp³-hybridized carbons (Fsp3) is 0.407. The second kappa shape index (κ2) is 11.8. The number of aromatic nitrogens is 2. The van der Waals surface area contributed by atoms with Crippen LogP contribution in [0.2, 0.25) is 0 Å². The molecule has 2 aromatic carbocycles. The highest BCUT2D eigenvalue weighted by atomic mass is 19.4. The van der Waals surface area contributed by atoms with Crippen LogP contribution < -0.4 is 4.74 Å². The van der Waals surface area contributed by atoms with E-state index in [1.807, 2.05) is 36.7 Å². The van der Waals surface area contributed by atoms with E-state index in [2.05, 4.69) is 23.8 Å². The third-order valence-corrected chi connectivity index (χ3v) is 5.86. The Balaban J connectivity index is 1.46. The van der Waals surface area contributed by atoms with Gasteiger partial charge in [0.15, 0.2) is 5.82 Å². The molecule has 0 radical (unpaired) electrons. The first-order chi connectivity index (χ1) is 15.8. The fourth-order valence-corrected chi connectivity index (χ4v) is 3.49. The molecule has 33 heavy (non-hydrogen) atoms. The highest BCUT2D eigenvalue weighted by molar-refractivity contribution is 5.55. The maximum atomic E-state index is 12.6. The molecule has 0 N–H and O–H groups in total. The molecule has 6 heteroatoms. The molecule has 1 unspecified atom stereocenters. The second-order valence-electron chi connectivity index (χ2n) is 8.54. The highest BCUT2D eigenvalue weighted by Gasteiger charge is 2.29. The van der Waals surface area contributed by atoms with E-state index >= 15 is 0 Å². The van der Waals surface area contributed by atoms with Gasteiger partial charge in [0.1, 0.15) is 12.4 Å². The lowest BCUT2D eigenvalue weighted by atomic mass is 10.00. The van der Waals surface area contributed by atoms with Gasteiger partial charge in [0.2, 0.25) is 0 Å². The van der Waals surface area contributed by atoms with Crippen molar-refractivity contribution in [2.75, 3.05) is 0 Å². The zero-order valence-corrected chi connectivity index (χ0v) is 19.2. The molecule has 0 spiro atoms. The Morgan fingerprint density at radius 1 is 0.848 bits per heavy atom. The number of aryl methyl sites for hydroxylation is 1. The van der Waals surface area contributed by atoms with E-state index in [4.69, 9.17) is 4.74 Å². The second-order valence-corrected chi connectivity index (χ2v) is 8.54. The van der Waals surface area contributed by atoms with Gasteiger partial charge in [0, 0.05) is 18.0 Å². The van der Waals surface area contributed by atoms with Crippen LogP contribution in [0.1, 0.15) is 62.6 Å². The minimum absolute atomic E-state index is 0.194. The first kappa shape index (κ1) is 24.7. The maximum absolute atomic E-state index is 12.6. The highest BCUT2D eigenvalue weighted by Crippen LogP contribution is 2.29. The topological polar surface area (TPSA) is 35.0 Å². The number of benzene rings is 2. The molecular formula is C27H31F3N2O. The summed E-state index contributed by atoms with van der Waals surface area (Å²) in [6, 6.07) is 12.4. The normalized spacial score (nSPS) is 12.5. The predicted molar refractivity (Wildman–Crippen MR) is 125 cm³/mol. The Bertz CT molecular complexity index is 968. The van der Waals surface area contributed by atoms with Crippen LogP contribution in [-0.2, 0) is 19.2 Å². The van der Waals surface area contributed by atoms with Gasteiger partial charge in [0.05, 0.1) is 5.56 Å². The van der Waals surface area contributed by atoms with Crippen LogP contribution in [0.25, 0.3) is 11.4 Å². The summed E-state index contributed by atoms with van der Waals surface area (Å²) in [6.45, 7) is 4.75. The molecule has 0 aliphatic heterocycles. The smallest absolute Gasteiger partial charge is 0.416 e. The summed E-state index contributed by atoms with van der Waals surface area (Å²) in [5.41, 5.74) is 2.05. The van der Waals surface area contributed by atoms with Crippen molar-refractivity contribution in [1.82, 2.24) is 9.97 Å². The molecule has 0 fully saturated rings. The molecule has 0 saturated carbocycles. The van der Waals surface area contributed by atoms with Crippen LogP contribution >= 0.6 is 0 Å². The van der Waals surface area contributed by atoms with Gasteiger partial charge in [-0.25, -0.2) is 9.97 Å². The maximum Gasteiger partial charge on any atom is 0.416 e. The van der Waals surface area contributed by atoms with Crippen molar-refractivity contribution in [3.8, 4) is 17.1 Å². The Kier molecular flexibility index (Phi) is 8.87. The largest absolute Gasteiger partial charge is 0.489 e. The molecule has 1 heterocycles. The van der Waals surface area contributed by atoms with E-state index in [0.29, 0.717) is 17.1 Å². The number of alkyl halides is 3. The van der Waals surface area contributed by atoms with Crippen LogP contribution in [0.5, 0.6) is 5.75 Å². The minimum Gasteiger partial charge on any atom is -0.489 e. The van der Waals surface area contributed by atoms with E-state index in [9.17, 15) is 13.2 Å². The SMILES string of the molecule is CCC(C)CCCCCc1cnc(-c2ccc(OCc3ccc(C(F)(F)F)cc3)cc2)nc1. The molecule has 1 atom stereocenters. The summed E-state index contributed by atoms with van der Waals surface area (Å²) < 4.78 is 43.6. The summed E-state index contributed by atoms with van der Waals surface area (Å²) in [5, 5.41) is 0. The number of hydrogen-bond acceptors (Lipinski definition) is 3. The average molecular weight is 457 g/mol. The standard InChI is InChI=1S/C27H31F3N2O/c1-3-20(2)7-5-4-6-8-22-17-31-26(32-18-22)23-11-15-25(16-12-23)33-19-21-9-13-24(14-10-21)27(28,29)30/h9-18,20H,3-8,19H2,1-2H3. The van der Waals surface area contributed by atoms with Crippen LogP contribution in [0.15, 0.2) is 60.9 Å². The van der Waals surface area contributed by atoms with Gasteiger partial charge in [-0.2, -0.15) is 13.2 Å². The van der Waals surface area contributed by atoms with Crippen molar-refractivity contribution < 1.29 is 17.9 Å². The lowest BCUT2D eigenvalue weighted by Gasteiger charge is -2.09. The number of hydrogen-bond donors (Lipinski definition) is 0. The third-order valence-electron chi connectivity index (χ3n) is 5.86. The average Bonchev–Trinajstić information content (AvgIpc) is 2.83. The van der Waals surface area contributed by atoms with Gasteiger partial charge >= 0.3 is 6.18 Å². The van der Waals surface area contributed by atoms with Crippen LogP contribution in [-0.4, -0.2) is 9.97 Å². The van der Waals surface area contributed by atoms with Crippen molar-refractivity contribution in [2.45, 2.75) is 65.2 Å². The number of nitrogens with zero attached hydrogens (tertiary/aromatic N) is 2. The molecule has 1 aromatic heterocycles. The van der Waals surface area contributed by atoms with E-state index in [0.717, 1.165) is 42.0 Å². The summed E-state index contributed by atoms with van der Waals surface area (Å²) in [5.74, 6) is 2.10. The van der Waals surface area contributed by atoms with Gasteiger partial charge in [-0.05, 0) is 66.3 Å². The van der Waals surface area contributed by atoms with Crippen LogP contribution in [0.3, 0.4) is 0 Å². The molecule has 176 valence electrons. The lowest BCUT2D eigenvalue weighted by Crippen LogP contribution is -2.05. The van der Waals surface area contributed by atoms with Gasteiger partial charge in [-0.1, -0.05) is 51.7 Å². The van der Waals surface area contributed by atoms with Crippen molar-refractivity contribution in [1.29, 1.82) is 0 Å². The zero-order chi connectivity index (χ0) is 23.7. The van der Waals surface area contributed by atoms with Crippen LogP contribution in [0, 0.1) is 5.92 Å². The first-order valence-electron chi connectivity index (χ1n) is 11.6. The number of unbranched alkanes of at least 4 members (excludes halogenated alkanes) is 2. The van der Waals surface area contributed by atoms with E-state index in [-0.39, 0.29) is 6.61 Å². The summed E-state index contributed by atoms with van der Waals surface area (Å²) in [7, 11) is 0. The molecule has 0 saturated heterocycles. The quantitative estimate of drug-likeness (QED) is 0.275. The molecule has 3 nitrogen and oxygen atoms in total. The van der Waals surface area contributed by atoms with Gasteiger partial charge in [0.25, 0.3) is 0 Å². The van der Waals surface area contributed by atoms with Gasteiger partial charge < -0.3 is 4.74 Å². The van der Waals surface area contributed by atoms with Crippen LogP contribution in [0.4, 0.5) is 13.2 Å². The summed E-state index contributed by atoms with van der Waals surface area (Å²) in [4.78, 5) is 8.99. The van der Waals surface area contributed by atoms with E-state index in [1.54, 1.807) is 0 Å². The summed E-state index contributed by atoms with van der Waals surface area (Å²) >= 11 is 0. The Morgan fingerprint density at radius 3 is 2.12 bits per heavy atom. The Morgan fingerprint density at radius 2 is 1.52 bits per heavy atom. The lowest BCUT2D eigenvalue weighted by molar-refractivity contribution is -0.137. The van der Waals surface area contributed by atoms with Crippen molar-refractivity contribution in [3.63, 3.8) is 0 Å².